The van der Waals surface area contributed by atoms with Crippen LogP contribution in [0.5, 0.6) is 11.8 Å². The Hall–Kier alpha value is -3.24. The monoisotopic (exact) mass is 409 g/mol. The average Bonchev–Trinajstić information content (AvgIpc) is 2.68. The topological polar surface area (TPSA) is 92.1 Å². The van der Waals surface area contributed by atoms with Gasteiger partial charge in [-0.3, -0.25) is 0 Å². The van der Waals surface area contributed by atoms with Crippen LogP contribution in [0.25, 0.3) is 10.8 Å². The summed E-state index contributed by atoms with van der Waals surface area (Å²) in [6, 6.07) is 11.5. The minimum Gasteiger partial charge on any atom is -0.478 e. The van der Waals surface area contributed by atoms with Gasteiger partial charge in [0.05, 0.1) is 18.6 Å². The summed E-state index contributed by atoms with van der Waals surface area (Å²) in [7, 11) is 0. The van der Waals surface area contributed by atoms with E-state index in [-0.39, 0.29) is 5.88 Å². The maximum absolute atomic E-state index is 9.76. The molecular weight excluding hydrogens is 390 g/mol. The average molecular weight is 410 g/mol. The van der Waals surface area contributed by atoms with E-state index in [1.807, 2.05) is 45.0 Å². The number of ether oxygens (including phenoxy) is 2. The highest BCUT2D eigenvalue weighted by molar-refractivity contribution is 6.30. The van der Waals surface area contributed by atoms with Gasteiger partial charge in [-0.05, 0) is 38.5 Å². The molecule has 4 rings (SSSR count). The van der Waals surface area contributed by atoms with Crippen LogP contribution in [-0.2, 0) is 5.66 Å². The Labute approximate surface area is 173 Å². The molecule has 0 bridgehead atoms. The summed E-state index contributed by atoms with van der Waals surface area (Å²) in [5.74, 6) is 1.89. The largest absolute Gasteiger partial charge is 0.478 e. The molecule has 0 fully saturated rings. The fourth-order valence-electron chi connectivity index (χ4n) is 3.47. The van der Waals surface area contributed by atoms with Crippen molar-refractivity contribution in [3.8, 4) is 17.8 Å². The number of anilines is 2. The van der Waals surface area contributed by atoms with Crippen LogP contribution in [-0.4, -0.2) is 23.2 Å². The first-order chi connectivity index (χ1) is 14.0. The smallest absolute Gasteiger partial charge is 0.234 e. The summed E-state index contributed by atoms with van der Waals surface area (Å²) in [6.07, 6.45) is 0. The number of benzene rings is 1. The molecule has 1 aromatic carbocycles. The number of pyridine rings is 2. The number of hydrogen-bond donors (Lipinski definition) is 2. The third-order valence-corrected chi connectivity index (χ3v) is 5.02. The van der Waals surface area contributed by atoms with Crippen molar-refractivity contribution in [1.29, 1.82) is 5.26 Å². The van der Waals surface area contributed by atoms with Crippen LogP contribution in [0, 0.1) is 11.3 Å². The van der Waals surface area contributed by atoms with E-state index >= 15 is 0 Å². The Morgan fingerprint density at radius 1 is 1.07 bits per heavy atom. The third kappa shape index (κ3) is 3.26. The second-order valence-electron chi connectivity index (χ2n) is 6.73. The maximum atomic E-state index is 9.76. The van der Waals surface area contributed by atoms with E-state index in [9.17, 15) is 5.26 Å². The lowest BCUT2D eigenvalue weighted by Crippen LogP contribution is -2.43. The van der Waals surface area contributed by atoms with Gasteiger partial charge in [-0.25, -0.2) is 0 Å². The summed E-state index contributed by atoms with van der Waals surface area (Å²) in [6.45, 7) is 6.59. The van der Waals surface area contributed by atoms with Gasteiger partial charge in [0.1, 0.15) is 28.9 Å². The molecule has 0 spiro atoms. The number of halogens is 1. The van der Waals surface area contributed by atoms with Gasteiger partial charge >= 0.3 is 0 Å². The molecule has 0 saturated heterocycles. The first-order valence-electron chi connectivity index (χ1n) is 9.36. The molecule has 1 unspecified atom stereocenters. The Bertz CT molecular complexity index is 1110. The highest BCUT2D eigenvalue weighted by Crippen LogP contribution is 2.43. The fraction of sp³-hybridized carbons (Fsp3) is 0.286. The van der Waals surface area contributed by atoms with E-state index < -0.39 is 5.66 Å². The Morgan fingerprint density at radius 2 is 1.72 bits per heavy atom. The maximum Gasteiger partial charge on any atom is 0.234 e. The van der Waals surface area contributed by atoms with Crippen molar-refractivity contribution in [1.82, 2.24) is 9.97 Å². The van der Waals surface area contributed by atoms with Crippen molar-refractivity contribution in [3.05, 3.63) is 46.5 Å². The normalized spacial score (nSPS) is 17.2. The SMILES string of the molecule is CCOc1cc2c(C#N)c(OCC)nc3c2c(n1)NC(C)(c1ccc(Cl)cc1)N3. The van der Waals surface area contributed by atoms with Crippen molar-refractivity contribution < 1.29 is 9.47 Å². The standard InChI is InChI=1S/C21H20ClN5O2/c1-4-28-16-10-14-15(11-23)20(29-5-2)25-19-17(14)18(24-16)26-21(3,27-19)12-6-8-13(22)9-7-12/h6-10H,4-5H2,1-3H3,(H,24,26)(H,25,27). The van der Waals surface area contributed by atoms with Crippen molar-refractivity contribution in [3.63, 3.8) is 0 Å². The molecule has 1 atom stereocenters. The van der Waals surface area contributed by atoms with Crippen molar-refractivity contribution in [2.24, 2.45) is 0 Å². The molecule has 0 radical (unpaired) electrons. The number of aromatic nitrogens is 2. The molecule has 2 N–H and O–H groups in total. The summed E-state index contributed by atoms with van der Waals surface area (Å²) in [4.78, 5) is 9.22. The zero-order valence-electron chi connectivity index (χ0n) is 16.3. The van der Waals surface area contributed by atoms with Crippen LogP contribution in [0.3, 0.4) is 0 Å². The molecular formula is C21H20ClN5O2. The van der Waals surface area contributed by atoms with Gasteiger partial charge in [-0.2, -0.15) is 15.2 Å². The highest BCUT2D eigenvalue weighted by atomic mass is 35.5. The number of rotatable bonds is 5. The third-order valence-electron chi connectivity index (χ3n) is 4.77. The lowest BCUT2D eigenvalue weighted by molar-refractivity contribution is 0.325. The molecule has 0 amide bonds. The number of nitrogens with one attached hydrogen (secondary N) is 2. The number of hydrogen-bond acceptors (Lipinski definition) is 7. The van der Waals surface area contributed by atoms with Gasteiger partial charge in [0, 0.05) is 16.5 Å². The summed E-state index contributed by atoms with van der Waals surface area (Å²) in [5, 5.41) is 18.7. The molecule has 2 aromatic heterocycles. The van der Waals surface area contributed by atoms with Crippen LogP contribution in [0.2, 0.25) is 5.02 Å². The molecule has 8 heteroatoms. The zero-order valence-corrected chi connectivity index (χ0v) is 17.1. The van der Waals surface area contributed by atoms with Crippen molar-refractivity contribution >= 4 is 34.0 Å². The van der Waals surface area contributed by atoms with Gasteiger partial charge in [0.2, 0.25) is 11.8 Å². The van der Waals surface area contributed by atoms with E-state index in [0.29, 0.717) is 46.7 Å². The highest BCUT2D eigenvalue weighted by Gasteiger charge is 2.35. The first kappa shape index (κ1) is 19.1. The van der Waals surface area contributed by atoms with Crippen LogP contribution >= 0.6 is 11.6 Å². The first-order valence-corrected chi connectivity index (χ1v) is 9.73. The molecule has 1 aliphatic heterocycles. The fourth-order valence-corrected chi connectivity index (χ4v) is 3.60. The van der Waals surface area contributed by atoms with Gasteiger partial charge in [0.15, 0.2) is 0 Å². The van der Waals surface area contributed by atoms with Gasteiger partial charge in [-0.15, -0.1) is 0 Å². The minimum absolute atomic E-state index is 0.282. The molecule has 3 heterocycles. The van der Waals surface area contributed by atoms with E-state index in [2.05, 4.69) is 26.7 Å². The molecule has 29 heavy (non-hydrogen) atoms. The molecule has 0 saturated carbocycles. The van der Waals surface area contributed by atoms with Crippen LogP contribution in [0.15, 0.2) is 30.3 Å². The van der Waals surface area contributed by atoms with Crippen LogP contribution in [0.1, 0.15) is 31.9 Å². The minimum atomic E-state index is -0.701. The Balaban J connectivity index is 1.96. The molecule has 148 valence electrons. The van der Waals surface area contributed by atoms with E-state index in [1.165, 1.54) is 0 Å². The van der Waals surface area contributed by atoms with Crippen LogP contribution < -0.4 is 20.1 Å². The van der Waals surface area contributed by atoms with E-state index in [0.717, 1.165) is 10.9 Å². The van der Waals surface area contributed by atoms with Crippen molar-refractivity contribution in [2.45, 2.75) is 26.4 Å². The number of nitriles is 1. The van der Waals surface area contributed by atoms with E-state index in [1.54, 1.807) is 6.07 Å². The summed E-state index contributed by atoms with van der Waals surface area (Å²) < 4.78 is 11.3. The molecule has 0 aliphatic carbocycles. The Kier molecular flexibility index (Phi) is 4.81. The predicted molar refractivity (Wildman–Crippen MR) is 113 cm³/mol. The number of nitrogens with zero attached hydrogens (tertiary/aromatic N) is 3. The summed E-state index contributed by atoms with van der Waals surface area (Å²) >= 11 is 6.06. The second kappa shape index (κ2) is 7.30. The van der Waals surface area contributed by atoms with Crippen molar-refractivity contribution in [2.75, 3.05) is 23.8 Å². The van der Waals surface area contributed by atoms with Crippen LogP contribution in [0.4, 0.5) is 11.6 Å². The molecule has 1 aliphatic rings. The predicted octanol–water partition coefficient (Wildman–Crippen LogP) is 4.66. The molecule has 3 aromatic rings. The quantitative estimate of drug-likeness (QED) is 0.632. The van der Waals surface area contributed by atoms with Gasteiger partial charge in [-0.1, -0.05) is 23.7 Å². The van der Waals surface area contributed by atoms with Gasteiger partial charge < -0.3 is 20.1 Å². The van der Waals surface area contributed by atoms with Gasteiger partial charge in [0.25, 0.3) is 0 Å². The summed E-state index contributed by atoms with van der Waals surface area (Å²) in [5.41, 5.74) is 0.606. The second-order valence-corrected chi connectivity index (χ2v) is 7.17. The van der Waals surface area contributed by atoms with E-state index in [4.69, 9.17) is 21.1 Å². The Morgan fingerprint density at radius 3 is 2.34 bits per heavy atom. The molecule has 7 nitrogen and oxygen atoms in total. The lowest BCUT2D eigenvalue weighted by Gasteiger charge is -2.38. The zero-order chi connectivity index (χ0) is 20.6. The lowest BCUT2D eigenvalue weighted by atomic mass is 9.97.